The van der Waals surface area contributed by atoms with Gasteiger partial charge in [0, 0.05) is 11.6 Å². The molecule has 1 N–H and O–H groups in total. The molecule has 0 fully saturated rings. The Balaban J connectivity index is 2.67. The summed E-state index contributed by atoms with van der Waals surface area (Å²) in [6, 6.07) is 2.84. The van der Waals surface area contributed by atoms with Crippen LogP contribution in [0.4, 0.5) is 8.78 Å². The molecule has 17 heavy (non-hydrogen) atoms. The Hall–Kier alpha value is -1.91. The second-order valence-electron chi connectivity index (χ2n) is 3.27. The van der Waals surface area contributed by atoms with E-state index in [2.05, 4.69) is 0 Å². The number of benzene rings is 1. The third-order valence-corrected chi connectivity index (χ3v) is 2.12. The first kappa shape index (κ1) is 13.2. The monoisotopic (exact) mass is 242 g/mol. The molecule has 92 valence electrons. The van der Waals surface area contributed by atoms with Gasteiger partial charge in [-0.2, -0.15) is 0 Å². The fourth-order valence-corrected chi connectivity index (χ4v) is 1.20. The largest absolute Gasteiger partial charge is 0.486 e. The van der Waals surface area contributed by atoms with E-state index in [-0.39, 0.29) is 17.9 Å². The van der Waals surface area contributed by atoms with Crippen LogP contribution in [0.3, 0.4) is 0 Å². The third-order valence-electron chi connectivity index (χ3n) is 2.12. The molecule has 0 aliphatic heterocycles. The Morgan fingerprint density at radius 2 is 2.18 bits per heavy atom. The van der Waals surface area contributed by atoms with Gasteiger partial charge in [-0.1, -0.05) is 6.92 Å². The number of ether oxygens (including phenoxy) is 1. The van der Waals surface area contributed by atoms with Gasteiger partial charge in [-0.3, -0.25) is 0 Å². The van der Waals surface area contributed by atoms with E-state index in [1.807, 2.05) is 0 Å². The molecular weight excluding hydrogens is 230 g/mol. The average molecular weight is 242 g/mol. The van der Waals surface area contributed by atoms with Gasteiger partial charge in [0.1, 0.15) is 12.4 Å². The molecular formula is C12H12F2O3. The Morgan fingerprint density at radius 1 is 1.47 bits per heavy atom. The van der Waals surface area contributed by atoms with Gasteiger partial charge in [-0.05, 0) is 24.6 Å². The van der Waals surface area contributed by atoms with E-state index < -0.39 is 17.6 Å². The van der Waals surface area contributed by atoms with Gasteiger partial charge in [0.25, 0.3) is 0 Å². The standard InChI is InChI=1S/C12H12F2O3/c1-2-8(12(15)16)5-6-17-11-7-9(13)3-4-10(11)14/h3-5,7H,2,6H2,1H3,(H,15,16). The second kappa shape index (κ2) is 5.98. The lowest BCUT2D eigenvalue weighted by molar-refractivity contribution is -0.132. The quantitative estimate of drug-likeness (QED) is 0.807. The maximum atomic E-state index is 13.1. The first-order chi connectivity index (χ1) is 8.04. The summed E-state index contributed by atoms with van der Waals surface area (Å²) < 4.78 is 30.8. The van der Waals surface area contributed by atoms with Crippen molar-refractivity contribution in [3.63, 3.8) is 0 Å². The summed E-state index contributed by atoms with van der Waals surface area (Å²) in [6.07, 6.45) is 1.66. The summed E-state index contributed by atoms with van der Waals surface area (Å²) >= 11 is 0. The molecule has 0 atom stereocenters. The molecule has 5 heteroatoms. The number of carboxylic acid groups (broad SMARTS) is 1. The topological polar surface area (TPSA) is 46.5 Å². The molecule has 1 aromatic rings. The number of halogens is 2. The van der Waals surface area contributed by atoms with Gasteiger partial charge in [0.15, 0.2) is 11.6 Å². The summed E-state index contributed by atoms with van der Waals surface area (Å²) in [5.41, 5.74) is 0.168. The van der Waals surface area contributed by atoms with Crippen LogP contribution in [0.1, 0.15) is 13.3 Å². The van der Waals surface area contributed by atoms with Crippen molar-refractivity contribution >= 4 is 5.97 Å². The van der Waals surface area contributed by atoms with Crippen molar-refractivity contribution in [2.75, 3.05) is 6.61 Å². The van der Waals surface area contributed by atoms with Crippen molar-refractivity contribution in [2.24, 2.45) is 0 Å². The zero-order valence-corrected chi connectivity index (χ0v) is 9.24. The van der Waals surface area contributed by atoms with Crippen LogP contribution in [-0.2, 0) is 4.79 Å². The van der Waals surface area contributed by atoms with Crippen molar-refractivity contribution in [3.8, 4) is 5.75 Å². The highest BCUT2D eigenvalue weighted by Crippen LogP contribution is 2.18. The van der Waals surface area contributed by atoms with E-state index >= 15 is 0 Å². The predicted octanol–water partition coefficient (Wildman–Crippen LogP) is 2.76. The summed E-state index contributed by atoms with van der Waals surface area (Å²) in [6.45, 7) is 1.57. The molecule has 1 rings (SSSR count). The number of carboxylic acids is 1. The van der Waals surface area contributed by atoms with Crippen LogP contribution in [0.25, 0.3) is 0 Å². The van der Waals surface area contributed by atoms with Gasteiger partial charge in [0.2, 0.25) is 0 Å². The first-order valence-corrected chi connectivity index (χ1v) is 5.04. The predicted molar refractivity (Wildman–Crippen MR) is 57.9 cm³/mol. The van der Waals surface area contributed by atoms with Gasteiger partial charge in [-0.15, -0.1) is 0 Å². The average Bonchev–Trinajstić information content (AvgIpc) is 2.28. The van der Waals surface area contributed by atoms with E-state index in [0.717, 1.165) is 18.2 Å². The van der Waals surface area contributed by atoms with Gasteiger partial charge < -0.3 is 9.84 Å². The molecule has 0 aromatic heterocycles. The molecule has 0 amide bonds. The summed E-state index contributed by atoms with van der Waals surface area (Å²) in [5, 5.41) is 8.71. The zero-order chi connectivity index (χ0) is 12.8. The second-order valence-corrected chi connectivity index (χ2v) is 3.27. The third kappa shape index (κ3) is 3.86. The Kier molecular flexibility index (Phi) is 4.63. The number of rotatable bonds is 5. The van der Waals surface area contributed by atoms with Crippen LogP contribution < -0.4 is 4.74 Å². The molecule has 0 aliphatic carbocycles. The molecule has 0 heterocycles. The number of hydrogen-bond acceptors (Lipinski definition) is 2. The molecule has 0 unspecified atom stereocenters. The molecule has 0 aliphatic rings. The molecule has 0 bridgehead atoms. The van der Waals surface area contributed by atoms with Crippen molar-refractivity contribution in [1.82, 2.24) is 0 Å². The van der Waals surface area contributed by atoms with Crippen LogP contribution in [0.5, 0.6) is 5.75 Å². The van der Waals surface area contributed by atoms with Crippen molar-refractivity contribution < 1.29 is 23.4 Å². The minimum atomic E-state index is -1.05. The number of aliphatic carboxylic acids is 1. The van der Waals surface area contributed by atoms with Gasteiger partial charge >= 0.3 is 5.97 Å². The van der Waals surface area contributed by atoms with Crippen LogP contribution in [0.15, 0.2) is 29.8 Å². The fraction of sp³-hybridized carbons (Fsp3) is 0.250. The number of hydrogen-bond donors (Lipinski definition) is 1. The Labute approximate surface area is 97.3 Å². The highest BCUT2D eigenvalue weighted by Gasteiger charge is 2.06. The molecule has 0 spiro atoms. The normalized spacial score (nSPS) is 11.4. The number of carbonyl (C=O) groups is 1. The maximum absolute atomic E-state index is 13.1. The lowest BCUT2D eigenvalue weighted by Crippen LogP contribution is -2.03. The summed E-state index contributed by atoms with van der Waals surface area (Å²) in [7, 11) is 0. The Morgan fingerprint density at radius 3 is 2.76 bits per heavy atom. The molecule has 0 radical (unpaired) electrons. The van der Waals surface area contributed by atoms with Crippen LogP contribution in [0.2, 0.25) is 0 Å². The van der Waals surface area contributed by atoms with Gasteiger partial charge in [-0.25, -0.2) is 13.6 Å². The van der Waals surface area contributed by atoms with E-state index in [9.17, 15) is 13.6 Å². The first-order valence-electron chi connectivity index (χ1n) is 5.04. The van der Waals surface area contributed by atoms with Crippen LogP contribution >= 0.6 is 0 Å². The molecule has 1 aromatic carbocycles. The lowest BCUT2D eigenvalue weighted by Gasteiger charge is -2.05. The summed E-state index contributed by atoms with van der Waals surface area (Å²) in [5.74, 6) is -2.58. The molecule has 0 saturated heterocycles. The van der Waals surface area contributed by atoms with E-state index in [0.29, 0.717) is 6.42 Å². The SMILES string of the molecule is CCC(=CCOc1cc(F)ccc1F)C(=O)O. The molecule has 0 saturated carbocycles. The minimum Gasteiger partial charge on any atom is -0.486 e. The summed E-state index contributed by atoms with van der Waals surface area (Å²) in [4.78, 5) is 10.6. The smallest absolute Gasteiger partial charge is 0.331 e. The molecule has 3 nitrogen and oxygen atoms in total. The highest BCUT2D eigenvalue weighted by molar-refractivity contribution is 5.86. The lowest BCUT2D eigenvalue weighted by atomic mass is 10.2. The van der Waals surface area contributed by atoms with Crippen LogP contribution in [0, 0.1) is 11.6 Å². The fourth-order valence-electron chi connectivity index (χ4n) is 1.20. The maximum Gasteiger partial charge on any atom is 0.331 e. The Bertz CT molecular complexity index is 441. The van der Waals surface area contributed by atoms with E-state index in [4.69, 9.17) is 9.84 Å². The van der Waals surface area contributed by atoms with Crippen molar-refractivity contribution in [2.45, 2.75) is 13.3 Å². The van der Waals surface area contributed by atoms with E-state index in [1.165, 1.54) is 6.08 Å². The van der Waals surface area contributed by atoms with Crippen molar-refractivity contribution in [3.05, 3.63) is 41.5 Å². The minimum absolute atomic E-state index is 0.115. The van der Waals surface area contributed by atoms with Crippen LogP contribution in [-0.4, -0.2) is 17.7 Å². The van der Waals surface area contributed by atoms with E-state index in [1.54, 1.807) is 6.92 Å². The highest BCUT2D eigenvalue weighted by atomic mass is 19.1. The zero-order valence-electron chi connectivity index (χ0n) is 9.24. The van der Waals surface area contributed by atoms with Gasteiger partial charge in [0.05, 0.1) is 0 Å². The van der Waals surface area contributed by atoms with Crippen molar-refractivity contribution in [1.29, 1.82) is 0 Å².